The molecule has 1 unspecified atom stereocenters. The number of hydrogen-bond donors (Lipinski definition) is 1. The van der Waals surface area contributed by atoms with E-state index in [1.807, 2.05) is 31.3 Å². The third-order valence-corrected chi connectivity index (χ3v) is 5.20. The molecule has 1 aliphatic rings. The van der Waals surface area contributed by atoms with Crippen molar-refractivity contribution in [3.8, 4) is 0 Å². The Kier molecular flexibility index (Phi) is 6.48. The maximum absolute atomic E-state index is 12.6. The zero-order chi connectivity index (χ0) is 18.5. The van der Waals surface area contributed by atoms with Crippen molar-refractivity contribution in [3.63, 3.8) is 0 Å². The number of nitrogens with zero attached hydrogens (tertiary/aromatic N) is 3. The first kappa shape index (κ1) is 19.1. The Bertz CT molecular complexity index is 748. The predicted molar refractivity (Wildman–Crippen MR) is 106 cm³/mol. The molecular formula is C19H22Cl2N4O. The molecule has 1 saturated heterocycles. The molecule has 1 aromatic heterocycles. The summed E-state index contributed by atoms with van der Waals surface area (Å²) in [5.41, 5.74) is 1.62. The van der Waals surface area contributed by atoms with Gasteiger partial charge in [-0.2, -0.15) is 0 Å². The van der Waals surface area contributed by atoms with Crippen molar-refractivity contribution in [2.75, 3.05) is 31.5 Å². The smallest absolute Gasteiger partial charge is 0.241 e. The first-order chi connectivity index (χ1) is 12.5. The van der Waals surface area contributed by atoms with Crippen molar-refractivity contribution in [1.82, 2.24) is 14.8 Å². The monoisotopic (exact) mass is 392 g/mol. The second kappa shape index (κ2) is 8.82. The standard InChI is InChI=1S/C19H22Cl2N4O/c1-14(19(26)23-18-12-15(20)5-6-17(18)21)25-10-8-24(9-11-25)13-16-4-2-3-7-22-16/h2-7,12,14H,8-11,13H2,1H3,(H,23,26). The van der Waals surface area contributed by atoms with Crippen molar-refractivity contribution in [2.45, 2.75) is 19.5 Å². The van der Waals surface area contributed by atoms with E-state index in [9.17, 15) is 4.79 Å². The lowest BCUT2D eigenvalue weighted by Crippen LogP contribution is -2.52. The number of aromatic nitrogens is 1. The predicted octanol–water partition coefficient (Wildman–Crippen LogP) is 3.53. The number of halogens is 2. The molecule has 1 fully saturated rings. The van der Waals surface area contributed by atoms with Gasteiger partial charge in [0.2, 0.25) is 5.91 Å². The summed E-state index contributed by atoms with van der Waals surface area (Å²) in [6.07, 6.45) is 1.82. The fourth-order valence-corrected chi connectivity index (χ4v) is 3.36. The highest BCUT2D eigenvalue weighted by Crippen LogP contribution is 2.25. The molecule has 0 bridgehead atoms. The lowest BCUT2D eigenvalue weighted by atomic mass is 10.2. The molecule has 1 aromatic carbocycles. The number of hydrogen-bond acceptors (Lipinski definition) is 4. The summed E-state index contributed by atoms with van der Waals surface area (Å²) >= 11 is 12.1. The number of amides is 1. The maximum atomic E-state index is 12.6. The van der Waals surface area contributed by atoms with Crippen molar-refractivity contribution in [1.29, 1.82) is 0 Å². The average Bonchev–Trinajstić information content (AvgIpc) is 2.65. The summed E-state index contributed by atoms with van der Waals surface area (Å²) in [7, 11) is 0. The summed E-state index contributed by atoms with van der Waals surface area (Å²) in [5, 5.41) is 3.90. The van der Waals surface area contributed by atoms with E-state index in [0.717, 1.165) is 38.4 Å². The van der Waals surface area contributed by atoms with E-state index in [1.54, 1.807) is 18.2 Å². The molecule has 2 aromatic rings. The van der Waals surface area contributed by atoms with E-state index in [-0.39, 0.29) is 11.9 Å². The fraction of sp³-hybridized carbons (Fsp3) is 0.368. The Morgan fingerprint density at radius 1 is 1.19 bits per heavy atom. The highest BCUT2D eigenvalue weighted by molar-refractivity contribution is 6.35. The van der Waals surface area contributed by atoms with Crippen molar-refractivity contribution in [2.24, 2.45) is 0 Å². The minimum absolute atomic E-state index is 0.0765. The number of carbonyl (C=O) groups excluding carboxylic acids is 1. The molecule has 0 radical (unpaired) electrons. The third kappa shape index (κ3) is 4.95. The van der Waals surface area contributed by atoms with Crippen LogP contribution in [0.25, 0.3) is 0 Å². The number of anilines is 1. The number of pyridine rings is 1. The van der Waals surface area contributed by atoms with Crippen LogP contribution in [0.3, 0.4) is 0 Å². The van der Waals surface area contributed by atoms with Crippen molar-refractivity contribution < 1.29 is 4.79 Å². The summed E-state index contributed by atoms with van der Waals surface area (Å²) in [4.78, 5) is 21.5. The molecule has 0 spiro atoms. The minimum atomic E-state index is -0.234. The lowest BCUT2D eigenvalue weighted by Gasteiger charge is -2.37. The van der Waals surface area contributed by atoms with Gasteiger partial charge >= 0.3 is 0 Å². The van der Waals surface area contributed by atoms with E-state index in [4.69, 9.17) is 23.2 Å². The van der Waals surface area contributed by atoms with Gasteiger partial charge in [0.15, 0.2) is 0 Å². The van der Waals surface area contributed by atoms with Crippen molar-refractivity contribution in [3.05, 3.63) is 58.3 Å². The summed E-state index contributed by atoms with van der Waals surface area (Å²) < 4.78 is 0. The Morgan fingerprint density at radius 2 is 1.96 bits per heavy atom. The minimum Gasteiger partial charge on any atom is -0.323 e. The molecule has 1 aliphatic heterocycles. The van der Waals surface area contributed by atoms with Crippen molar-refractivity contribution >= 4 is 34.8 Å². The Morgan fingerprint density at radius 3 is 2.65 bits per heavy atom. The van der Waals surface area contributed by atoms with Gasteiger partial charge in [-0.3, -0.25) is 19.6 Å². The first-order valence-corrected chi connectivity index (χ1v) is 9.41. The van der Waals surface area contributed by atoms with Gasteiger partial charge in [0, 0.05) is 43.9 Å². The zero-order valence-electron chi connectivity index (χ0n) is 14.7. The van der Waals surface area contributed by atoms with Crippen LogP contribution in [0.1, 0.15) is 12.6 Å². The number of rotatable bonds is 5. The Balaban J connectivity index is 1.52. The van der Waals surface area contributed by atoms with E-state index in [2.05, 4.69) is 20.1 Å². The quantitative estimate of drug-likeness (QED) is 0.845. The van der Waals surface area contributed by atoms with Gasteiger partial charge in [-0.15, -0.1) is 0 Å². The zero-order valence-corrected chi connectivity index (χ0v) is 16.2. The SMILES string of the molecule is CC(C(=O)Nc1cc(Cl)ccc1Cl)N1CCN(Cc2ccccn2)CC1. The van der Waals surface area contributed by atoms with Gasteiger partial charge in [0.25, 0.3) is 0 Å². The third-order valence-electron chi connectivity index (χ3n) is 4.63. The van der Waals surface area contributed by atoms with Crippen LogP contribution in [0.15, 0.2) is 42.6 Å². The molecular weight excluding hydrogens is 371 g/mol. The van der Waals surface area contributed by atoms with Crippen LogP contribution in [-0.2, 0) is 11.3 Å². The van der Waals surface area contributed by atoms with E-state index in [1.165, 1.54) is 0 Å². The molecule has 7 heteroatoms. The molecule has 138 valence electrons. The van der Waals surface area contributed by atoms with Crippen LogP contribution in [-0.4, -0.2) is 52.9 Å². The molecule has 3 rings (SSSR count). The molecule has 26 heavy (non-hydrogen) atoms. The Labute approximate surface area is 163 Å². The lowest BCUT2D eigenvalue weighted by molar-refractivity contribution is -0.121. The van der Waals surface area contributed by atoms with E-state index >= 15 is 0 Å². The molecule has 1 amide bonds. The van der Waals surface area contributed by atoms with Gasteiger partial charge < -0.3 is 5.32 Å². The molecule has 2 heterocycles. The van der Waals surface area contributed by atoms with Gasteiger partial charge in [0.05, 0.1) is 22.4 Å². The largest absolute Gasteiger partial charge is 0.323 e. The number of benzene rings is 1. The molecule has 1 atom stereocenters. The van der Waals surface area contributed by atoms with E-state index < -0.39 is 0 Å². The number of carbonyl (C=O) groups is 1. The van der Waals surface area contributed by atoms with Gasteiger partial charge in [0.1, 0.15) is 0 Å². The molecule has 5 nitrogen and oxygen atoms in total. The second-order valence-electron chi connectivity index (χ2n) is 6.42. The molecule has 0 saturated carbocycles. The Hall–Kier alpha value is -1.66. The summed E-state index contributed by atoms with van der Waals surface area (Å²) in [6.45, 7) is 6.25. The number of nitrogens with one attached hydrogen (secondary N) is 1. The topological polar surface area (TPSA) is 48.5 Å². The number of piperazine rings is 1. The first-order valence-electron chi connectivity index (χ1n) is 8.65. The molecule has 1 N–H and O–H groups in total. The van der Waals surface area contributed by atoms with Gasteiger partial charge in [-0.25, -0.2) is 0 Å². The maximum Gasteiger partial charge on any atom is 0.241 e. The van der Waals surface area contributed by atoms with Gasteiger partial charge in [-0.05, 0) is 37.3 Å². The van der Waals surface area contributed by atoms with E-state index in [0.29, 0.717) is 15.7 Å². The summed E-state index contributed by atoms with van der Waals surface area (Å²) in [5.74, 6) is -0.0765. The highest BCUT2D eigenvalue weighted by atomic mass is 35.5. The van der Waals surface area contributed by atoms with Crippen LogP contribution in [0.4, 0.5) is 5.69 Å². The molecule has 0 aliphatic carbocycles. The van der Waals surface area contributed by atoms with Crippen LogP contribution in [0, 0.1) is 0 Å². The average molecular weight is 393 g/mol. The summed E-state index contributed by atoms with van der Waals surface area (Å²) in [6, 6.07) is 10.8. The highest BCUT2D eigenvalue weighted by Gasteiger charge is 2.26. The van der Waals surface area contributed by atoms with Crippen LogP contribution >= 0.6 is 23.2 Å². The fourth-order valence-electron chi connectivity index (χ4n) is 3.03. The normalized spacial score (nSPS) is 17.0. The van der Waals surface area contributed by atoms with Crippen LogP contribution in [0.2, 0.25) is 10.0 Å². The second-order valence-corrected chi connectivity index (χ2v) is 7.27. The van der Waals surface area contributed by atoms with Gasteiger partial charge in [-0.1, -0.05) is 29.3 Å². The van der Waals surface area contributed by atoms with Crippen LogP contribution in [0.5, 0.6) is 0 Å². The van der Waals surface area contributed by atoms with Crippen LogP contribution < -0.4 is 5.32 Å².